The third kappa shape index (κ3) is 5.47. The van der Waals surface area contributed by atoms with Crippen LogP contribution in [0, 0.1) is 0 Å². The third-order valence-electron chi connectivity index (χ3n) is 8.40. The Morgan fingerprint density at radius 1 is 0.921 bits per heavy atom. The number of nitrogens with zero attached hydrogens (tertiary/aromatic N) is 2. The molecule has 2 atom stereocenters. The summed E-state index contributed by atoms with van der Waals surface area (Å²) in [5.74, 6) is -0.0522. The molecule has 2 unspecified atom stereocenters. The van der Waals surface area contributed by atoms with Crippen molar-refractivity contribution in [2.24, 2.45) is 5.73 Å². The first-order valence-corrected chi connectivity index (χ1v) is 14.0. The molecule has 3 aromatic carbocycles. The Hall–Kier alpha value is -2.86. The van der Waals surface area contributed by atoms with E-state index in [1.165, 1.54) is 0 Å². The zero-order chi connectivity index (χ0) is 26.7. The zero-order valence-corrected chi connectivity index (χ0v) is 22.9. The van der Waals surface area contributed by atoms with Gasteiger partial charge >= 0.3 is 0 Å². The number of carbonyl (C=O) groups is 2. The van der Waals surface area contributed by atoms with Gasteiger partial charge in [-0.15, -0.1) is 0 Å². The fourth-order valence-electron chi connectivity index (χ4n) is 6.18. The normalized spacial score (nSPS) is 21.5. The van der Waals surface area contributed by atoms with Crippen molar-refractivity contribution in [3.63, 3.8) is 0 Å². The molecule has 7 heteroatoms. The van der Waals surface area contributed by atoms with E-state index in [1.807, 2.05) is 71.6 Å². The molecule has 2 heterocycles. The van der Waals surface area contributed by atoms with Crippen LogP contribution < -0.4 is 5.73 Å². The molecular weight excluding hydrogens is 517 g/mol. The van der Waals surface area contributed by atoms with Crippen LogP contribution in [0.4, 0.5) is 0 Å². The smallest absolute Gasteiger partial charge is 0.228 e. The predicted molar refractivity (Wildman–Crippen MR) is 152 cm³/mol. The topological polar surface area (TPSA) is 66.6 Å². The van der Waals surface area contributed by atoms with Crippen LogP contribution in [-0.2, 0) is 21.5 Å². The SMILES string of the molecule is NC(=O)C1(c2ccccc2)CCN(CCC2C(c3ccc(Cl)c(Cl)c3)CC(=O)N2Cc2ccccc2)CC1. The van der Waals surface area contributed by atoms with Gasteiger partial charge in [0.2, 0.25) is 11.8 Å². The molecule has 0 spiro atoms. The number of benzene rings is 3. The van der Waals surface area contributed by atoms with Gasteiger partial charge in [-0.05, 0) is 61.2 Å². The Morgan fingerprint density at radius 3 is 2.21 bits per heavy atom. The first-order chi connectivity index (χ1) is 18.4. The standard InChI is InChI=1S/C31H33Cl2N3O2/c32-26-12-11-23(19-27(26)33)25-20-29(37)36(21-22-7-3-1-4-8-22)28(25)13-16-35-17-14-31(15-18-35,30(34)38)24-9-5-2-6-10-24/h1-12,19,25,28H,13-18,20-21H2,(H2,34,38). The van der Waals surface area contributed by atoms with Crippen molar-refractivity contribution in [3.05, 3.63) is 106 Å². The van der Waals surface area contributed by atoms with Crippen LogP contribution >= 0.6 is 23.2 Å². The third-order valence-corrected chi connectivity index (χ3v) is 9.13. The lowest BCUT2D eigenvalue weighted by Crippen LogP contribution is -2.50. The highest BCUT2D eigenvalue weighted by atomic mass is 35.5. The van der Waals surface area contributed by atoms with E-state index in [1.54, 1.807) is 0 Å². The maximum Gasteiger partial charge on any atom is 0.228 e. The zero-order valence-electron chi connectivity index (χ0n) is 21.4. The maximum absolute atomic E-state index is 13.3. The van der Waals surface area contributed by atoms with Crippen LogP contribution in [0.3, 0.4) is 0 Å². The minimum Gasteiger partial charge on any atom is -0.369 e. The van der Waals surface area contributed by atoms with E-state index < -0.39 is 5.41 Å². The fourth-order valence-corrected chi connectivity index (χ4v) is 6.48. The molecule has 5 nitrogen and oxygen atoms in total. The van der Waals surface area contributed by atoms with Gasteiger partial charge in [-0.3, -0.25) is 9.59 Å². The molecule has 198 valence electrons. The number of nitrogens with two attached hydrogens (primary N) is 1. The van der Waals surface area contributed by atoms with Crippen LogP contribution in [0.15, 0.2) is 78.9 Å². The number of carbonyl (C=O) groups excluding carboxylic acids is 2. The summed E-state index contributed by atoms with van der Waals surface area (Å²) in [5, 5.41) is 1.03. The van der Waals surface area contributed by atoms with E-state index in [0.29, 0.717) is 35.9 Å². The molecular formula is C31H33Cl2N3O2. The minimum atomic E-state index is -0.622. The van der Waals surface area contributed by atoms with E-state index in [9.17, 15) is 9.59 Å². The average Bonchev–Trinajstić information content (AvgIpc) is 3.25. The second-order valence-corrected chi connectivity index (χ2v) is 11.3. The first kappa shape index (κ1) is 26.7. The van der Waals surface area contributed by atoms with E-state index >= 15 is 0 Å². The van der Waals surface area contributed by atoms with Gasteiger partial charge in [-0.2, -0.15) is 0 Å². The van der Waals surface area contributed by atoms with Gasteiger partial charge in [0.25, 0.3) is 0 Å². The molecule has 2 aliphatic rings. The molecule has 0 radical (unpaired) electrons. The Bertz CT molecular complexity index is 1280. The molecule has 2 amide bonds. The summed E-state index contributed by atoms with van der Waals surface area (Å²) in [4.78, 5) is 30.3. The van der Waals surface area contributed by atoms with Crippen LogP contribution in [0.5, 0.6) is 0 Å². The summed E-state index contributed by atoms with van der Waals surface area (Å²) < 4.78 is 0. The molecule has 5 rings (SSSR count). The highest BCUT2D eigenvalue weighted by Crippen LogP contribution is 2.40. The lowest BCUT2D eigenvalue weighted by molar-refractivity contribution is -0.130. The number of halogens is 2. The summed E-state index contributed by atoms with van der Waals surface area (Å²) in [6.07, 6.45) is 2.67. The van der Waals surface area contributed by atoms with Crippen molar-refractivity contribution in [1.29, 1.82) is 0 Å². The van der Waals surface area contributed by atoms with Gasteiger partial charge in [-0.25, -0.2) is 0 Å². The van der Waals surface area contributed by atoms with Crippen molar-refractivity contribution in [2.75, 3.05) is 19.6 Å². The van der Waals surface area contributed by atoms with Crippen LogP contribution in [0.2, 0.25) is 10.0 Å². The minimum absolute atomic E-state index is 0.0388. The van der Waals surface area contributed by atoms with E-state index in [0.717, 1.165) is 42.7 Å². The molecule has 38 heavy (non-hydrogen) atoms. The monoisotopic (exact) mass is 549 g/mol. The molecule has 3 aromatic rings. The van der Waals surface area contributed by atoms with Gasteiger partial charge in [0.15, 0.2) is 0 Å². The summed E-state index contributed by atoms with van der Waals surface area (Å²) in [6.45, 7) is 2.99. The van der Waals surface area contributed by atoms with Gasteiger partial charge in [0, 0.05) is 31.5 Å². The van der Waals surface area contributed by atoms with Gasteiger partial charge in [0.05, 0.1) is 15.5 Å². The number of piperidine rings is 1. The van der Waals surface area contributed by atoms with Crippen molar-refractivity contribution in [1.82, 2.24) is 9.80 Å². The lowest BCUT2D eigenvalue weighted by Gasteiger charge is -2.41. The summed E-state index contributed by atoms with van der Waals surface area (Å²) in [5.41, 5.74) is 8.49. The number of hydrogen-bond acceptors (Lipinski definition) is 3. The predicted octanol–water partition coefficient (Wildman–Crippen LogP) is 5.79. The van der Waals surface area contributed by atoms with Crippen LogP contribution in [0.1, 0.15) is 48.3 Å². The first-order valence-electron chi connectivity index (χ1n) is 13.2. The molecule has 2 saturated heterocycles. The summed E-state index contributed by atoms with van der Waals surface area (Å²) in [6, 6.07) is 25.8. The van der Waals surface area contributed by atoms with Gasteiger partial charge < -0.3 is 15.5 Å². The highest BCUT2D eigenvalue weighted by molar-refractivity contribution is 6.42. The number of likely N-dealkylation sites (tertiary alicyclic amines) is 2. The molecule has 0 bridgehead atoms. The molecule has 0 aromatic heterocycles. The Morgan fingerprint density at radius 2 is 1.58 bits per heavy atom. The average molecular weight is 551 g/mol. The molecule has 2 N–H and O–H groups in total. The second-order valence-electron chi connectivity index (χ2n) is 10.5. The lowest BCUT2D eigenvalue weighted by atomic mass is 9.72. The number of hydrogen-bond donors (Lipinski definition) is 1. The Labute approximate surface area is 234 Å². The second kappa shape index (κ2) is 11.5. The van der Waals surface area contributed by atoms with Gasteiger partial charge in [-0.1, -0.05) is 89.9 Å². The van der Waals surface area contributed by atoms with E-state index in [4.69, 9.17) is 28.9 Å². The number of rotatable bonds is 8. The van der Waals surface area contributed by atoms with E-state index in [2.05, 4.69) is 17.0 Å². The van der Waals surface area contributed by atoms with Crippen LogP contribution in [0.25, 0.3) is 0 Å². The number of amides is 2. The summed E-state index contributed by atoms with van der Waals surface area (Å²) in [7, 11) is 0. The van der Waals surface area contributed by atoms with Crippen molar-refractivity contribution >= 4 is 35.0 Å². The maximum atomic E-state index is 13.3. The molecule has 0 saturated carbocycles. The Kier molecular flexibility index (Phi) is 8.08. The summed E-state index contributed by atoms with van der Waals surface area (Å²) >= 11 is 12.6. The van der Waals surface area contributed by atoms with E-state index in [-0.39, 0.29) is 23.8 Å². The van der Waals surface area contributed by atoms with Crippen molar-refractivity contribution in [3.8, 4) is 0 Å². The molecule has 2 aliphatic heterocycles. The largest absolute Gasteiger partial charge is 0.369 e. The van der Waals surface area contributed by atoms with Gasteiger partial charge in [0.1, 0.15) is 0 Å². The van der Waals surface area contributed by atoms with Crippen molar-refractivity contribution in [2.45, 2.75) is 49.6 Å². The quantitative estimate of drug-likeness (QED) is 0.386. The highest BCUT2D eigenvalue weighted by Gasteiger charge is 2.43. The Balaban J connectivity index is 1.32. The fraction of sp³-hybridized carbons (Fsp3) is 0.355. The van der Waals surface area contributed by atoms with Crippen molar-refractivity contribution < 1.29 is 9.59 Å². The molecule has 0 aliphatic carbocycles. The number of primary amides is 1. The molecule has 2 fully saturated rings. The van der Waals surface area contributed by atoms with Crippen LogP contribution in [-0.4, -0.2) is 47.3 Å².